The Labute approximate surface area is 99.9 Å². The average Bonchev–Trinajstić information content (AvgIpc) is 2.74. The molecule has 1 fully saturated rings. The van der Waals surface area contributed by atoms with Crippen molar-refractivity contribution in [2.24, 2.45) is 5.92 Å². The number of nitrogens with one attached hydrogen (secondary N) is 1. The summed E-state index contributed by atoms with van der Waals surface area (Å²) >= 11 is 0. The second-order valence-electron chi connectivity index (χ2n) is 4.45. The summed E-state index contributed by atoms with van der Waals surface area (Å²) in [6.07, 6.45) is 5.26. The Balaban J connectivity index is 2.24. The van der Waals surface area contributed by atoms with Crippen LogP contribution in [0.1, 0.15) is 46.5 Å². The summed E-state index contributed by atoms with van der Waals surface area (Å²) in [5.41, 5.74) is 0. The lowest BCUT2D eigenvalue weighted by molar-refractivity contribution is -0.134. The van der Waals surface area contributed by atoms with Crippen molar-refractivity contribution in [1.82, 2.24) is 5.32 Å². The van der Waals surface area contributed by atoms with Gasteiger partial charge in [0.2, 0.25) is 0 Å². The van der Waals surface area contributed by atoms with E-state index in [-0.39, 0.29) is 6.29 Å². The van der Waals surface area contributed by atoms with Gasteiger partial charge in [-0.25, -0.2) is 0 Å². The van der Waals surface area contributed by atoms with Gasteiger partial charge >= 0.3 is 0 Å². The predicted molar refractivity (Wildman–Crippen MR) is 66.5 cm³/mol. The molecule has 0 heterocycles. The van der Waals surface area contributed by atoms with Crippen molar-refractivity contribution >= 4 is 0 Å². The van der Waals surface area contributed by atoms with Gasteiger partial charge in [0.1, 0.15) is 0 Å². The zero-order valence-corrected chi connectivity index (χ0v) is 11.0. The maximum atomic E-state index is 5.53. The molecule has 96 valence electrons. The predicted octanol–water partition coefficient (Wildman–Crippen LogP) is 2.55. The molecule has 1 saturated carbocycles. The molecular formula is C13H27NO2. The number of hydrogen-bond donors (Lipinski definition) is 1. The maximum absolute atomic E-state index is 5.53. The van der Waals surface area contributed by atoms with E-state index >= 15 is 0 Å². The van der Waals surface area contributed by atoms with Gasteiger partial charge in [-0.1, -0.05) is 19.8 Å². The molecule has 0 saturated heterocycles. The van der Waals surface area contributed by atoms with E-state index in [4.69, 9.17) is 9.47 Å². The molecule has 0 radical (unpaired) electrons. The third-order valence-corrected chi connectivity index (χ3v) is 3.44. The molecule has 0 aromatic rings. The number of ether oxygens (including phenoxy) is 2. The fourth-order valence-corrected chi connectivity index (χ4v) is 2.58. The van der Waals surface area contributed by atoms with Gasteiger partial charge in [0.25, 0.3) is 0 Å². The van der Waals surface area contributed by atoms with E-state index in [1.165, 1.54) is 25.7 Å². The highest BCUT2D eigenvalue weighted by Crippen LogP contribution is 2.27. The first kappa shape index (κ1) is 13.9. The first-order valence-electron chi connectivity index (χ1n) is 6.78. The van der Waals surface area contributed by atoms with Gasteiger partial charge in [0, 0.05) is 25.8 Å². The maximum Gasteiger partial charge on any atom is 0.169 e. The second-order valence-corrected chi connectivity index (χ2v) is 4.45. The summed E-state index contributed by atoms with van der Waals surface area (Å²) < 4.78 is 11.1. The van der Waals surface area contributed by atoms with Crippen molar-refractivity contribution in [1.29, 1.82) is 0 Å². The number of hydrogen-bond acceptors (Lipinski definition) is 3. The molecule has 0 bridgehead atoms. The van der Waals surface area contributed by atoms with Crippen molar-refractivity contribution in [3.05, 3.63) is 0 Å². The molecule has 1 aliphatic rings. The SMILES string of the molecule is CCOC(CNC1CCCC1CC)OCC. The molecule has 3 heteroatoms. The van der Waals surface area contributed by atoms with Crippen LogP contribution in [-0.2, 0) is 9.47 Å². The van der Waals surface area contributed by atoms with Crippen LogP contribution in [0.2, 0.25) is 0 Å². The summed E-state index contributed by atoms with van der Waals surface area (Å²) in [7, 11) is 0. The van der Waals surface area contributed by atoms with Crippen LogP contribution in [-0.4, -0.2) is 32.1 Å². The highest BCUT2D eigenvalue weighted by atomic mass is 16.7. The molecule has 0 aromatic carbocycles. The highest BCUT2D eigenvalue weighted by Gasteiger charge is 2.25. The van der Waals surface area contributed by atoms with Gasteiger partial charge < -0.3 is 14.8 Å². The van der Waals surface area contributed by atoms with Crippen LogP contribution in [0.3, 0.4) is 0 Å². The Morgan fingerprint density at radius 2 is 1.81 bits per heavy atom. The van der Waals surface area contributed by atoms with Crippen molar-refractivity contribution in [2.75, 3.05) is 19.8 Å². The van der Waals surface area contributed by atoms with E-state index < -0.39 is 0 Å². The van der Waals surface area contributed by atoms with Gasteiger partial charge in [-0.05, 0) is 32.6 Å². The lowest BCUT2D eigenvalue weighted by Gasteiger charge is -2.23. The lowest BCUT2D eigenvalue weighted by atomic mass is 10.0. The largest absolute Gasteiger partial charge is 0.352 e. The molecule has 0 aromatic heterocycles. The van der Waals surface area contributed by atoms with Gasteiger partial charge in [-0.3, -0.25) is 0 Å². The van der Waals surface area contributed by atoms with Crippen LogP contribution >= 0.6 is 0 Å². The molecule has 1 rings (SSSR count). The van der Waals surface area contributed by atoms with E-state index in [1.807, 2.05) is 13.8 Å². The third-order valence-electron chi connectivity index (χ3n) is 3.44. The molecule has 1 aliphatic carbocycles. The van der Waals surface area contributed by atoms with Gasteiger partial charge in [0.05, 0.1) is 0 Å². The third kappa shape index (κ3) is 4.40. The van der Waals surface area contributed by atoms with Crippen LogP contribution in [0.5, 0.6) is 0 Å². The first-order valence-corrected chi connectivity index (χ1v) is 6.78. The molecular weight excluding hydrogens is 202 g/mol. The second kappa shape index (κ2) is 8.04. The fourth-order valence-electron chi connectivity index (χ4n) is 2.58. The minimum absolute atomic E-state index is 0.0758. The molecule has 2 unspecified atom stereocenters. The molecule has 3 nitrogen and oxygen atoms in total. The molecule has 0 spiro atoms. The van der Waals surface area contributed by atoms with E-state index in [1.54, 1.807) is 0 Å². The Morgan fingerprint density at radius 3 is 2.38 bits per heavy atom. The van der Waals surface area contributed by atoms with Crippen molar-refractivity contribution in [2.45, 2.75) is 58.8 Å². The first-order chi connectivity index (χ1) is 7.81. The lowest BCUT2D eigenvalue weighted by Crippen LogP contribution is -2.39. The van der Waals surface area contributed by atoms with Crippen LogP contribution in [0.25, 0.3) is 0 Å². The molecule has 0 amide bonds. The van der Waals surface area contributed by atoms with Crippen LogP contribution < -0.4 is 5.32 Å². The summed E-state index contributed by atoms with van der Waals surface area (Å²) in [6.45, 7) is 8.56. The summed E-state index contributed by atoms with van der Waals surface area (Å²) in [5.74, 6) is 0.851. The topological polar surface area (TPSA) is 30.5 Å². The summed E-state index contributed by atoms with van der Waals surface area (Å²) in [5, 5.41) is 3.60. The van der Waals surface area contributed by atoms with Crippen LogP contribution in [0.4, 0.5) is 0 Å². The van der Waals surface area contributed by atoms with E-state index in [0.717, 1.165) is 12.5 Å². The zero-order chi connectivity index (χ0) is 11.8. The van der Waals surface area contributed by atoms with Crippen LogP contribution in [0, 0.1) is 5.92 Å². The monoisotopic (exact) mass is 229 g/mol. The summed E-state index contributed by atoms with van der Waals surface area (Å²) in [6, 6.07) is 0.674. The smallest absolute Gasteiger partial charge is 0.169 e. The van der Waals surface area contributed by atoms with E-state index in [0.29, 0.717) is 19.3 Å². The summed E-state index contributed by atoms with van der Waals surface area (Å²) in [4.78, 5) is 0. The Hall–Kier alpha value is -0.120. The minimum Gasteiger partial charge on any atom is -0.352 e. The fraction of sp³-hybridized carbons (Fsp3) is 1.00. The van der Waals surface area contributed by atoms with Crippen molar-refractivity contribution < 1.29 is 9.47 Å². The Bertz CT molecular complexity index is 169. The quantitative estimate of drug-likeness (QED) is 0.649. The van der Waals surface area contributed by atoms with E-state index in [2.05, 4.69) is 12.2 Å². The van der Waals surface area contributed by atoms with Crippen LogP contribution in [0.15, 0.2) is 0 Å². The Kier molecular flexibility index (Phi) is 7.01. The van der Waals surface area contributed by atoms with Gasteiger partial charge in [-0.2, -0.15) is 0 Å². The number of rotatable bonds is 8. The standard InChI is InChI=1S/C13H27NO2/c1-4-11-8-7-9-12(11)14-10-13(15-5-2)16-6-3/h11-14H,4-10H2,1-3H3. The normalized spacial score (nSPS) is 25.5. The van der Waals surface area contributed by atoms with Crippen molar-refractivity contribution in [3.63, 3.8) is 0 Å². The molecule has 1 N–H and O–H groups in total. The molecule has 2 atom stereocenters. The zero-order valence-electron chi connectivity index (χ0n) is 11.0. The molecule has 0 aliphatic heterocycles. The molecule has 16 heavy (non-hydrogen) atoms. The average molecular weight is 229 g/mol. The minimum atomic E-state index is -0.0758. The Morgan fingerprint density at radius 1 is 1.12 bits per heavy atom. The van der Waals surface area contributed by atoms with Gasteiger partial charge in [-0.15, -0.1) is 0 Å². The van der Waals surface area contributed by atoms with Gasteiger partial charge in [0.15, 0.2) is 6.29 Å². The van der Waals surface area contributed by atoms with Crippen molar-refractivity contribution in [3.8, 4) is 0 Å². The van der Waals surface area contributed by atoms with E-state index in [9.17, 15) is 0 Å². The highest BCUT2D eigenvalue weighted by molar-refractivity contribution is 4.82.